The van der Waals surface area contributed by atoms with Crippen LogP contribution in [0.15, 0.2) is 48.6 Å². The number of carbonyl (C=O) groups excluding carboxylic acids is 2. The molecule has 0 aromatic carbocycles. The molecule has 83 heavy (non-hydrogen) atoms. The molecule has 0 aromatic rings. The number of rotatable bonds is 66. The molecule has 0 rings (SSSR count). The number of nitrogens with zero attached hydrogens (tertiary/aromatic N) is 1. The molecule has 0 aliphatic carbocycles. The zero-order chi connectivity index (χ0) is 60.7. The molecule has 0 aliphatic heterocycles. The van der Waals surface area contributed by atoms with Crippen LogP contribution in [0.1, 0.15) is 355 Å². The number of likely N-dealkylation sites (N-methyl/N-ethyl adjacent to an activating group) is 1. The van der Waals surface area contributed by atoms with Gasteiger partial charge in [0.1, 0.15) is 19.3 Å². The van der Waals surface area contributed by atoms with Crippen molar-refractivity contribution < 1.29 is 37.3 Å². The maximum absolute atomic E-state index is 13.6. The summed E-state index contributed by atoms with van der Waals surface area (Å²) in [6, 6.07) is -0.890. The Morgan fingerprint density at radius 3 is 1.12 bits per heavy atom. The topological polar surface area (TPSA) is 114 Å². The Bertz CT molecular complexity index is 1560. The van der Waals surface area contributed by atoms with Crippen molar-refractivity contribution in [2.45, 2.75) is 367 Å². The second-order valence-corrected chi connectivity index (χ2v) is 27.1. The van der Waals surface area contributed by atoms with Crippen molar-refractivity contribution in [2.75, 3.05) is 40.9 Å². The molecule has 0 bridgehead atoms. The Kier molecular flexibility index (Phi) is 61.5. The molecule has 0 heterocycles. The highest BCUT2D eigenvalue weighted by molar-refractivity contribution is 7.45. The third-order valence-corrected chi connectivity index (χ3v) is 17.2. The van der Waals surface area contributed by atoms with Crippen LogP contribution in [0.5, 0.6) is 0 Å². The summed E-state index contributed by atoms with van der Waals surface area (Å²) in [6.45, 7) is 6.86. The monoisotopic (exact) mass is 1190 g/mol. The van der Waals surface area contributed by atoms with Crippen LogP contribution in [0.3, 0.4) is 0 Å². The summed E-state index contributed by atoms with van der Waals surface area (Å²) >= 11 is 0. The van der Waals surface area contributed by atoms with Crippen molar-refractivity contribution in [3.8, 4) is 0 Å². The fourth-order valence-corrected chi connectivity index (χ4v) is 11.4. The number of phosphoric acid groups is 1. The van der Waals surface area contributed by atoms with E-state index in [0.29, 0.717) is 17.4 Å². The number of esters is 1. The second-order valence-electron chi connectivity index (χ2n) is 25.7. The summed E-state index contributed by atoms with van der Waals surface area (Å²) in [5, 5.41) is 3.05. The molecule has 3 atom stereocenters. The maximum Gasteiger partial charge on any atom is 0.306 e. The summed E-state index contributed by atoms with van der Waals surface area (Å²) < 4.78 is 30.5. The highest BCUT2D eigenvalue weighted by Crippen LogP contribution is 2.38. The van der Waals surface area contributed by atoms with Gasteiger partial charge >= 0.3 is 5.97 Å². The number of phosphoric ester groups is 1. The van der Waals surface area contributed by atoms with Crippen LogP contribution in [0.25, 0.3) is 0 Å². The van der Waals surface area contributed by atoms with E-state index in [1.807, 2.05) is 33.3 Å². The Morgan fingerprint density at radius 1 is 0.422 bits per heavy atom. The second kappa shape index (κ2) is 63.0. The quantitative estimate of drug-likeness (QED) is 0.0212. The lowest BCUT2D eigenvalue weighted by atomic mass is 10.0. The Hall–Kier alpha value is -2.03. The van der Waals surface area contributed by atoms with Crippen LogP contribution in [-0.2, 0) is 27.9 Å². The Morgan fingerprint density at radius 2 is 0.735 bits per heavy atom. The predicted molar refractivity (Wildman–Crippen MR) is 358 cm³/mol. The average Bonchev–Trinajstić information content (AvgIpc) is 3.47. The van der Waals surface area contributed by atoms with Crippen LogP contribution in [0.4, 0.5) is 0 Å². The number of hydrogen-bond acceptors (Lipinski definition) is 7. The molecule has 3 unspecified atom stereocenters. The Labute approximate surface area is 516 Å². The number of carbonyl (C=O) groups is 2. The van der Waals surface area contributed by atoms with E-state index in [-0.39, 0.29) is 31.5 Å². The molecule has 0 aliphatic rings. The third kappa shape index (κ3) is 64.3. The molecular formula is C73H139N2O7P. The molecule has 0 aromatic heterocycles. The molecule has 1 N–H and O–H groups in total. The van der Waals surface area contributed by atoms with Gasteiger partial charge in [0.05, 0.1) is 33.8 Å². The van der Waals surface area contributed by atoms with Crippen molar-refractivity contribution in [2.24, 2.45) is 0 Å². The molecule has 9 nitrogen and oxygen atoms in total. The molecule has 0 spiro atoms. The molecule has 10 heteroatoms. The van der Waals surface area contributed by atoms with Gasteiger partial charge in [0.2, 0.25) is 5.91 Å². The van der Waals surface area contributed by atoms with E-state index >= 15 is 0 Å². The predicted octanol–water partition coefficient (Wildman–Crippen LogP) is 22.2. The van der Waals surface area contributed by atoms with Gasteiger partial charge in [-0.25, -0.2) is 0 Å². The van der Waals surface area contributed by atoms with E-state index in [2.05, 4.69) is 62.5 Å². The molecule has 0 saturated carbocycles. The highest BCUT2D eigenvalue weighted by atomic mass is 31.2. The maximum atomic E-state index is 13.6. The summed E-state index contributed by atoms with van der Waals surface area (Å²) in [4.78, 5) is 40.2. The summed E-state index contributed by atoms with van der Waals surface area (Å²) in [5.41, 5.74) is 0. The van der Waals surface area contributed by atoms with Gasteiger partial charge in [0, 0.05) is 12.8 Å². The van der Waals surface area contributed by atoms with E-state index < -0.39 is 20.0 Å². The van der Waals surface area contributed by atoms with Crippen LogP contribution < -0.4 is 10.2 Å². The summed E-state index contributed by atoms with van der Waals surface area (Å²) in [6.07, 6.45) is 79.5. The van der Waals surface area contributed by atoms with E-state index in [0.717, 1.165) is 77.0 Å². The lowest BCUT2D eigenvalue weighted by molar-refractivity contribution is -0.870. The van der Waals surface area contributed by atoms with Crippen molar-refractivity contribution in [3.63, 3.8) is 0 Å². The minimum atomic E-state index is -4.70. The standard InChI is InChI=1S/C73H139N2O7P/c1-7-10-13-16-19-22-25-28-30-32-34-35-36-37-38-39-41-43-45-48-51-54-57-60-63-66-73(77)82-71(64-61-58-55-52-49-46-27-24-21-18-15-12-9-3)70(69-81-83(78,79)80-68-67-75(4,5)6)74-72(76)65-62-59-56-53-50-47-44-42-40-33-31-29-26-23-20-17-14-11-8-2/h20,23,28-31,61,64,70-71H,7-19,21-22,24-27,32-60,62-63,65-69H2,1-6H3,(H-,74,76,78,79)/b23-20-,30-28+,31-29-,64-61-. The molecule has 0 fully saturated rings. The fourth-order valence-electron chi connectivity index (χ4n) is 10.7. The minimum Gasteiger partial charge on any atom is -0.756 e. The van der Waals surface area contributed by atoms with E-state index in [1.54, 1.807) is 0 Å². The molecule has 0 saturated heterocycles. The first-order valence-corrected chi connectivity index (χ1v) is 37.4. The van der Waals surface area contributed by atoms with E-state index in [1.165, 1.54) is 244 Å². The number of nitrogens with one attached hydrogen (secondary N) is 1. The number of amides is 1. The SMILES string of the molecule is CCCCC/C=C\C/C=C\CCCCCCCCCCCC(=O)NC(COP(=O)([O-])OCC[N+](C)(C)C)C(/C=C\CCCCCCCCCCCCC)OC(=O)CCCCCCCCCCCCCCCCC/C=C/CCCCCCCC. The van der Waals surface area contributed by atoms with Gasteiger partial charge < -0.3 is 28.5 Å². The number of hydrogen-bond donors (Lipinski definition) is 1. The van der Waals surface area contributed by atoms with Crippen molar-refractivity contribution in [1.82, 2.24) is 5.32 Å². The van der Waals surface area contributed by atoms with Gasteiger partial charge in [-0.2, -0.15) is 0 Å². The van der Waals surface area contributed by atoms with E-state index in [4.69, 9.17) is 13.8 Å². The van der Waals surface area contributed by atoms with E-state index in [9.17, 15) is 19.0 Å². The van der Waals surface area contributed by atoms with Crippen molar-refractivity contribution in [3.05, 3.63) is 48.6 Å². The first-order chi connectivity index (χ1) is 40.4. The largest absolute Gasteiger partial charge is 0.756 e. The fraction of sp³-hybridized carbons (Fsp3) is 0.863. The lowest BCUT2D eigenvalue weighted by Gasteiger charge is -2.30. The number of ether oxygens (including phenoxy) is 1. The highest BCUT2D eigenvalue weighted by Gasteiger charge is 2.27. The average molecular weight is 1190 g/mol. The zero-order valence-corrected chi connectivity index (χ0v) is 56.8. The van der Waals surface area contributed by atoms with Gasteiger partial charge in [0.25, 0.3) is 7.82 Å². The van der Waals surface area contributed by atoms with Gasteiger partial charge in [-0.3, -0.25) is 14.2 Å². The summed E-state index contributed by atoms with van der Waals surface area (Å²) in [7, 11) is 1.19. The number of quaternary nitrogens is 1. The van der Waals surface area contributed by atoms with Crippen LogP contribution >= 0.6 is 7.82 Å². The van der Waals surface area contributed by atoms with Crippen LogP contribution in [0, 0.1) is 0 Å². The van der Waals surface area contributed by atoms with Crippen molar-refractivity contribution in [1.29, 1.82) is 0 Å². The third-order valence-electron chi connectivity index (χ3n) is 16.2. The normalized spacial score (nSPS) is 13.8. The number of unbranched alkanes of at least 4 members (excludes halogenated alkanes) is 44. The van der Waals surface area contributed by atoms with Gasteiger partial charge in [-0.15, -0.1) is 0 Å². The molecule has 1 amide bonds. The molecule has 488 valence electrons. The first kappa shape index (κ1) is 81.0. The van der Waals surface area contributed by atoms with Crippen LogP contribution in [-0.4, -0.2) is 69.4 Å². The Balaban J connectivity index is 5.07. The first-order valence-electron chi connectivity index (χ1n) is 35.9. The molecule has 0 radical (unpaired) electrons. The lowest BCUT2D eigenvalue weighted by Crippen LogP contribution is -2.47. The van der Waals surface area contributed by atoms with Gasteiger partial charge in [-0.05, 0) is 89.5 Å². The number of allylic oxidation sites excluding steroid dienone is 7. The van der Waals surface area contributed by atoms with Gasteiger partial charge in [-0.1, -0.05) is 301 Å². The minimum absolute atomic E-state index is 0.0218. The summed E-state index contributed by atoms with van der Waals surface area (Å²) in [5.74, 6) is -0.529. The molecular weight excluding hydrogens is 1050 g/mol. The van der Waals surface area contributed by atoms with Gasteiger partial charge in [0.15, 0.2) is 0 Å². The smallest absolute Gasteiger partial charge is 0.306 e. The van der Waals surface area contributed by atoms with Crippen LogP contribution in [0.2, 0.25) is 0 Å². The zero-order valence-electron chi connectivity index (χ0n) is 55.9. The van der Waals surface area contributed by atoms with Crippen molar-refractivity contribution >= 4 is 19.7 Å².